The molecule has 0 radical (unpaired) electrons. The molecule has 21 heavy (non-hydrogen) atoms. The van der Waals surface area contributed by atoms with Crippen molar-refractivity contribution in [2.45, 2.75) is 20.4 Å². The second-order valence-corrected chi connectivity index (χ2v) is 5.82. The van der Waals surface area contributed by atoms with Crippen LogP contribution >= 0.6 is 11.3 Å². The van der Waals surface area contributed by atoms with Gasteiger partial charge in [0.05, 0.1) is 12.3 Å². The van der Waals surface area contributed by atoms with Crippen LogP contribution in [0.5, 0.6) is 0 Å². The van der Waals surface area contributed by atoms with Crippen LogP contribution in [0.1, 0.15) is 17.5 Å². The van der Waals surface area contributed by atoms with Crippen molar-refractivity contribution in [1.82, 2.24) is 10.3 Å². The maximum Gasteiger partial charge on any atom is 0.190 e. The number of rotatable bonds is 8. The van der Waals surface area contributed by atoms with Crippen molar-refractivity contribution < 1.29 is 4.74 Å². The molecule has 1 aromatic heterocycles. The fourth-order valence-electron chi connectivity index (χ4n) is 2.10. The van der Waals surface area contributed by atoms with Crippen molar-refractivity contribution >= 4 is 22.2 Å². The molecule has 0 saturated heterocycles. The molecule has 1 aromatic carbocycles. The summed E-state index contributed by atoms with van der Waals surface area (Å²) in [5.41, 5.74) is 2.29. The molecule has 2 aromatic rings. The SMILES string of the molecule is CCN(c1ccccc1)c1nc(C)c(CNCCOC)s1. The van der Waals surface area contributed by atoms with Gasteiger partial charge in [-0.05, 0) is 26.0 Å². The van der Waals surface area contributed by atoms with Gasteiger partial charge >= 0.3 is 0 Å². The van der Waals surface area contributed by atoms with Gasteiger partial charge in [-0.15, -0.1) is 0 Å². The Balaban J connectivity index is 2.09. The molecule has 0 atom stereocenters. The quantitative estimate of drug-likeness (QED) is 0.759. The van der Waals surface area contributed by atoms with Crippen molar-refractivity contribution in [2.24, 2.45) is 0 Å². The van der Waals surface area contributed by atoms with Crippen LogP contribution in [0.3, 0.4) is 0 Å². The summed E-state index contributed by atoms with van der Waals surface area (Å²) < 4.78 is 5.05. The lowest BCUT2D eigenvalue weighted by Gasteiger charge is -2.19. The predicted molar refractivity (Wildman–Crippen MR) is 89.6 cm³/mol. The molecule has 0 aliphatic rings. The van der Waals surface area contributed by atoms with E-state index in [4.69, 9.17) is 9.72 Å². The van der Waals surface area contributed by atoms with E-state index in [1.165, 1.54) is 10.6 Å². The van der Waals surface area contributed by atoms with E-state index in [1.54, 1.807) is 18.4 Å². The van der Waals surface area contributed by atoms with Gasteiger partial charge in [0.15, 0.2) is 5.13 Å². The van der Waals surface area contributed by atoms with Crippen LogP contribution in [-0.4, -0.2) is 31.8 Å². The summed E-state index contributed by atoms with van der Waals surface area (Å²) >= 11 is 1.76. The first-order valence-corrected chi connectivity index (χ1v) is 8.06. The number of benzene rings is 1. The molecule has 0 amide bonds. The molecule has 4 nitrogen and oxygen atoms in total. The topological polar surface area (TPSA) is 37.4 Å². The highest BCUT2D eigenvalue weighted by Crippen LogP contribution is 2.31. The van der Waals surface area contributed by atoms with Gasteiger partial charge in [0.25, 0.3) is 0 Å². The van der Waals surface area contributed by atoms with Gasteiger partial charge in [-0.2, -0.15) is 0 Å². The molecule has 1 N–H and O–H groups in total. The Bertz CT molecular complexity index is 542. The molecule has 114 valence electrons. The standard InChI is InChI=1S/C16H23N3OS/c1-4-19(14-8-6-5-7-9-14)16-18-13(2)15(21-16)12-17-10-11-20-3/h5-9,17H,4,10-12H2,1-3H3. The van der Waals surface area contributed by atoms with Crippen LogP contribution in [0.15, 0.2) is 30.3 Å². The van der Waals surface area contributed by atoms with Crippen LogP contribution in [-0.2, 0) is 11.3 Å². The third-order valence-electron chi connectivity index (χ3n) is 3.26. The third kappa shape index (κ3) is 4.27. The van der Waals surface area contributed by atoms with Crippen molar-refractivity contribution in [3.05, 3.63) is 40.9 Å². The highest BCUT2D eigenvalue weighted by Gasteiger charge is 2.14. The number of aryl methyl sites for hydroxylation is 1. The molecule has 1 heterocycles. The second-order valence-electron chi connectivity index (χ2n) is 4.75. The molecule has 5 heteroatoms. The lowest BCUT2D eigenvalue weighted by atomic mass is 10.3. The number of thiazole rings is 1. The molecule has 0 bridgehead atoms. The fourth-order valence-corrected chi connectivity index (χ4v) is 3.22. The molecule has 0 saturated carbocycles. The van der Waals surface area contributed by atoms with Gasteiger partial charge in [-0.1, -0.05) is 29.5 Å². The molecule has 0 unspecified atom stereocenters. The molecule has 2 rings (SSSR count). The van der Waals surface area contributed by atoms with Crippen molar-refractivity contribution in [3.63, 3.8) is 0 Å². The van der Waals surface area contributed by atoms with Crippen molar-refractivity contribution in [3.8, 4) is 0 Å². The Morgan fingerprint density at radius 2 is 2.05 bits per heavy atom. The highest BCUT2D eigenvalue weighted by atomic mass is 32.1. The lowest BCUT2D eigenvalue weighted by molar-refractivity contribution is 0.199. The van der Waals surface area contributed by atoms with Gasteiger partial charge in [0, 0.05) is 37.3 Å². The smallest absolute Gasteiger partial charge is 0.190 e. The number of anilines is 2. The van der Waals surface area contributed by atoms with E-state index in [-0.39, 0.29) is 0 Å². The Kier molecular flexibility index (Phi) is 6.17. The molecule has 0 aliphatic heterocycles. The second kappa shape index (κ2) is 8.12. The summed E-state index contributed by atoms with van der Waals surface area (Å²) in [4.78, 5) is 8.26. The molecule has 0 spiro atoms. The first kappa shape index (κ1) is 15.9. The van der Waals surface area contributed by atoms with Gasteiger partial charge in [0.2, 0.25) is 0 Å². The molecular formula is C16H23N3OS. The number of hydrogen-bond acceptors (Lipinski definition) is 5. The minimum Gasteiger partial charge on any atom is -0.383 e. The summed E-state index contributed by atoms with van der Waals surface area (Å²) in [6, 6.07) is 10.4. The number of nitrogens with zero attached hydrogens (tertiary/aromatic N) is 2. The van der Waals surface area contributed by atoms with E-state index in [2.05, 4.69) is 48.3 Å². The maximum atomic E-state index is 5.05. The minimum absolute atomic E-state index is 0.732. The Labute approximate surface area is 130 Å². The van der Waals surface area contributed by atoms with Crippen LogP contribution in [0, 0.1) is 6.92 Å². The minimum atomic E-state index is 0.732. The first-order chi connectivity index (χ1) is 10.3. The van der Waals surface area contributed by atoms with E-state index in [9.17, 15) is 0 Å². The molecule has 0 aliphatic carbocycles. The van der Waals surface area contributed by atoms with E-state index in [0.717, 1.165) is 37.1 Å². The van der Waals surface area contributed by atoms with Gasteiger partial charge in [-0.3, -0.25) is 0 Å². The number of methoxy groups -OCH3 is 1. The van der Waals surface area contributed by atoms with Crippen LogP contribution in [0.2, 0.25) is 0 Å². The van der Waals surface area contributed by atoms with Crippen molar-refractivity contribution in [2.75, 3.05) is 31.7 Å². The first-order valence-electron chi connectivity index (χ1n) is 7.24. The molecule has 0 fully saturated rings. The number of nitrogens with one attached hydrogen (secondary N) is 1. The Morgan fingerprint density at radius 1 is 1.29 bits per heavy atom. The Morgan fingerprint density at radius 3 is 2.71 bits per heavy atom. The normalized spacial score (nSPS) is 10.8. The van der Waals surface area contributed by atoms with Gasteiger partial charge in [0.1, 0.15) is 0 Å². The number of aromatic nitrogens is 1. The van der Waals surface area contributed by atoms with Crippen molar-refractivity contribution in [1.29, 1.82) is 0 Å². The summed E-state index contributed by atoms with van der Waals surface area (Å²) in [7, 11) is 1.72. The zero-order valence-electron chi connectivity index (χ0n) is 12.9. The fraction of sp³-hybridized carbons (Fsp3) is 0.438. The summed E-state index contributed by atoms with van der Waals surface area (Å²) in [5.74, 6) is 0. The largest absolute Gasteiger partial charge is 0.383 e. The number of para-hydroxylation sites is 1. The van der Waals surface area contributed by atoms with Gasteiger partial charge in [-0.25, -0.2) is 4.98 Å². The van der Waals surface area contributed by atoms with E-state index >= 15 is 0 Å². The third-order valence-corrected chi connectivity index (χ3v) is 4.45. The average Bonchev–Trinajstić information content (AvgIpc) is 2.86. The predicted octanol–water partition coefficient (Wildman–Crippen LogP) is 3.35. The Hall–Kier alpha value is -1.43. The van der Waals surface area contributed by atoms with Gasteiger partial charge < -0.3 is 15.0 Å². The zero-order chi connectivity index (χ0) is 15.1. The van der Waals surface area contributed by atoms with E-state index in [1.807, 2.05) is 6.07 Å². The lowest BCUT2D eigenvalue weighted by Crippen LogP contribution is -2.18. The van der Waals surface area contributed by atoms with Crippen LogP contribution in [0.4, 0.5) is 10.8 Å². The summed E-state index contributed by atoms with van der Waals surface area (Å²) in [6.07, 6.45) is 0. The summed E-state index contributed by atoms with van der Waals surface area (Å²) in [5, 5.41) is 4.44. The molecular weight excluding hydrogens is 282 g/mol. The maximum absolute atomic E-state index is 5.05. The summed E-state index contributed by atoms with van der Waals surface area (Å²) in [6.45, 7) is 7.58. The van der Waals surface area contributed by atoms with Crippen LogP contribution in [0.25, 0.3) is 0 Å². The van der Waals surface area contributed by atoms with Crippen LogP contribution < -0.4 is 10.2 Å². The number of ether oxygens (including phenoxy) is 1. The van der Waals surface area contributed by atoms with E-state index in [0.29, 0.717) is 0 Å². The van der Waals surface area contributed by atoms with E-state index < -0.39 is 0 Å². The zero-order valence-corrected chi connectivity index (χ0v) is 13.7. The highest BCUT2D eigenvalue weighted by molar-refractivity contribution is 7.15. The number of hydrogen-bond donors (Lipinski definition) is 1. The average molecular weight is 305 g/mol. The monoisotopic (exact) mass is 305 g/mol.